The molecule has 2 rings (SSSR count). The average molecular weight is 226 g/mol. The van der Waals surface area contributed by atoms with E-state index in [4.69, 9.17) is 15.9 Å². The zero-order valence-electron chi connectivity index (χ0n) is 9.39. The van der Waals surface area contributed by atoms with Crippen molar-refractivity contribution in [1.82, 2.24) is 0 Å². The van der Waals surface area contributed by atoms with Gasteiger partial charge in [-0.25, -0.2) is 0 Å². The number of rotatable bonds is 4. The van der Waals surface area contributed by atoms with Gasteiger partial charge in [-0.05, 0) is 11.6 Å². The maximum atomic E-state index is 7.17. The molecule has 0 spiro atoms. The zero-order valence-corrected chi connectivity index (χ0v) is 9.39. The molecule has 2 aromatic carbocycles. The Hall–Kier alpha value is -2.29. The van der Waals surface area contributed by atoms with Crippen LogP contribution in [0.2, 0.25) is 0 Å². The van der Waals surface area contributed by atoms with Crippen LogP contribution in [0.25, 0.3) is 11.1 Å². The molecular formula is C14H14N2O. The first-order chi connectivity index (χ1) is 8.27. The molecule has 0 aromatic heterocycles. The second-order valence-corrected chi connectivity index (χ2v) is 3.68. The molecule has 17 heavy (non-hydrogen) atoms. The second kappa shape index (κ2) is 5.16. The highest BCUT2D eigenvalue weighted by atomic mass is 16.5. The SMILES string of the molecule is N=C(N)COc1ccccc1-c1ccccc1. The van der Waals surface area contributed by atoms with Crippen molar-refractivity contribution in [2.45, 2.75) is 0 Å². The van der Waals surface area contributed by atoms with Crippen molar-refractivity contribution in [3.8, 4) is 16.9 Å². The molecule has 0 saturated carbocycles. The molecule has 2 aromatic rings. The summed E-state index contributed by atoms with van der Waals surface area (Å²) in [4.78, 5) is 0. The van der Waals surface area contributed by atoms with Crippen LogP contribution in [-0.4, -0.2) is 12.4 Å². The van der Waals surface area contributed by atoms with E-state index < -0.39 is 0 Å². The largest absolute Gasteiger partial charge is 0.485 e. The molecule has 3 nitrogen and oxygen atoms in total. The molecule has 0 unspecified atom stereocenters. The molecule has 3 N–H and O–H groups in total. The molecule has 0 radical (unpaired) electrons. The summed E-state index contributed by atoms with van der Waals surface area (Å²) in [5.74, 6) is 0.766. The molecule has 0 atom stereocenters. The highest BCUT2D eigenvalue weighted by molar-refractivity contribution is 5.79. The minimum atomic E-state index is 0.0212. The smallest absolute Gasteiger partial charge is 0.145 e. The number of ether oxygens (including phenoxy) is 1. The molecule has 0 aliphatic heterocycles. The van der Waals surface area contributed by atoms with Gasteiger partial charge in [0.05, 0.1) is 0 Å². The van der Waals surface area contributed by atoms with E-state index >= 15 is 0 Å². The van der Waals surface area contributed by atoms with Gasteiger partial charge in [-0.3, -0.25) is 5.41 Å². The van der Waals surface area contributed by atoms with Crippen molar-refractivity contribution in [2.24, 2.45) is 5.73 Å². The number of nitrogens with two attached hydrogens (primary N) is 1. The van der Waals surface area contributed by atoms with Crippen LogP contribution in [0.1, 0.15) is 0 Å². The van der Waals surface area contributed by atoms with Gasteiger partial charge < -0.3 is 10.5 Å². The molecule has 0 saturated heterocycles. The number of hydrogen-bond acceptors (Lipinski definition) is 2. The lowest BCUT2D eigenvalue weighted by Crippen LogP contribution is -2.19. The number of amidine groups is 1. The first-order valence-electron chi connectivity index (χ1n) is 5.37. The van der Waals surface area contributed by atoms with E-state index in [0.29, 0.717) is 0 Å². The van der Waals surface area contributed by atoms with Crippen LogP contribution in [-0.2, 0) is 0 Å². The van der Waals surface area contributed by atoms with Crippen molar-refractivity contribution in [3.05, 3.63) is 54.6 Å². The standard InChI is InChI=1S/C14H14N2O/c15-14(16)10-17-13-9-5-4-8-12(13)11-6-2-1-3-7-11/h1-9H,10H2,(H3,15,16). The van der Waals surface area contributed by atoms with E-state index in [-0.39, 0.29) is 12.4 Å². The second-order valence-electron chi connectivity index (χ2n) is 3.68. The first kappa shape index (κ1) is 11.2. The number of benzene rings is 2. The summed E-state index contributed by atoms with van der Waals surface area (Å²) in [6.07, 6.45) is 0. The normalized spacial score (nSPS) is 9.88. The lowest BCUT2D eigenvalue weighted by Gasteiger charge is -2.10. The Kier molecular flexibility index (Phi) is 3.40. The number of hydrogen-bond donors (Lipinski definition) is 2. The van der Waals surface area contributed by atoms with Crippen LogP contribution < -0.4 is 10.5 Å². The van der Waals surface area contributed by atoms with E-state index in [9.17, 15) is 0 Å². The summed E-state index contributed by atoms with van der Waals surface area (Å²) < 4.78 is 5.50. The molecule has 0 bridgehead atoms. The maximum absolute atomic E-state index is 7.17. The Morgan fingerprint density at radius 2 is 1.65 bits per heavy atom. The van der Waals surface area contributed by atoms with Gasteiger partial charge in [0, 0.05) is 5.56 Å². The third-order valence-corrected chi connectivity index (χ3v) is 2.36. The van der Waals surface area contributed by atoms with Gasteiger partial charge in [-0.2, -0.15) is 0 Å². The summed E-state index contributed by atoms with van der Waals surface area (Å²) >= 11 is 0. The van der Waals surface area contributed by atoms with Crippen LogP contribution in [0.4, 0.5) is 0 Å². The van der Waals surface area contributed by atoms with E-state index in [0.717, 1.165) is 16.9 Å². The monoisotopic (exact) mass is 226 g/mol. The molecule has 0 aliphatic carbocycles. The van der Waals surface area contributed by atoms with Crippen LogP contribution in [0.5, 0.6) is 5.75 Å². The third-order valence-electron chi connectivity index (χ3n) is 2.36. The first-order valence-corrected chi connectivity index (χ1v) is 5.37. The molecular weight excluding hydrogens is 212 g/mol. The fourth-order valence-corrected chi connectivity index (χ4v) is 1.60. The Bertz CT molecular complexity index is 509. The maximum Gasteiger partial charge on any atom is 0.145 e. The van der Waals surface area contributed by atoms with Crippen molar-refractivity contribution in [2.75, 3.05) is 6.61 Å². The van der Waals surface area contributed by atoms with Gasteiger partial charge in [0.15, 0.2) is 0 Å². The van der Waals surface area contributed by atoms with Gasteiger partial charge in [0.2, 0.25) is 0 Å². The average Bonchev–Trinajstić information content (AvgIpc) is 2.38. The van der Waals surface area contributed by atoms with Gasteiger partial charge in [0.25, 0.3) is 0 Å². The Labute approximate surface area is 100 Å². The van der Waals surface area contributed by atoms with Gasteiger partial charge in [0.1, 0.15) is 18.2 Å². The lowest BCUT2D eigenvalue weighted by molar-refractivity contribution is 0.376. The van der Waals surface area contributed by atoms with Crippen molar-refractivity contribution < 1.29 is 4.74 Å². The summed E-state index contributed by atoms with van der Waals surface area (Å²) in [6.45, 7) is 0.115. The van der Waals surface area contributed by atoms with E-state index in [1.165, 1.54) is 0 Å². The Morgan fingerprint density at radius 1 is 1.00 bits per heavy atom. The van der Waals surface area contributed by atoms with Crippen molar-refractivity contribution in [1.29, 1.82) is 5.41 Å². The van der Waals surface area contributed by atoms with E-state index in [1.807, 2.05) is 54.6 Å². The number of nitrogens with one attached hydrogen (secondary N) is 1. The van der Waals surface area contributed by atoms with Crippen LogP contribution >= 0.6 is 0 Å². The Balaban J connectivity index is 2.31. The summed E-state index contributed by atoms with van der Waals surface area (Å²) in [7, 11) is 0. The molecule has 3 heteroatoms. The molecule has 0 fully saturated rings. The van der Waals surface area contributed by atoms with Crippen LogP contribution in [0.3, 0.4) is 0 Å². The molecule has 86 valence electrons. The van der Waals surface area contributed by atoms with Crippen LogP contribution in [0, 0.1) is 5.41 Å². The highest BCUT2D eigenvalue weighted by Gasteiger charge is 2.05. The number of para-hydroxylation sites is 1. The van der Waals surface area contributed by atoms with Crippen molar-refractivity contribution >= 4 is 5.84 Å². The zero-order chi connectivity index (χ0) is 12.1. The summed E-state index contributed by atoms with van der Waals surface area (Å²) in [6, 6.07) is 17.7. The van der Waals surface area contributed by atoms with Crippen molar-refractivity contribution in [3.63, 3.8) is 0 Å². The van der Waals surface area contributed by atoms with Gasteiger partial charge in [-0.1, -0.05) is 48.5 Å². The fraction of sp³-hybridized carbons (Fsp3) is 0.0714. The minimum Gasteiger partial charge on any atom is -0.485 e. The molecule has 0 heterocycles. The third kappa shape index (κ3) is 2.84. The Morgan fingerprint density at radius 3 is 2.35 bits per heavy atom. The van der Waals surface area contributed by atoms with E-state index in [2.05, 4.69) is 0 Å². The predicted molar refractivity (Wildman–Crippen MR) is 69.3 cm³/mol. The van der Waals surface area contributed by atoms with Gasteiger partial charge in [-0.15, -0.1) is 0 Å². The predicted octanol–water partition coefficient (Wildman–Crippen LogP) is 2.67. The minimum absolute atomic E-state index is 0.0212. The lowest BCUT2D eigenvalue weighted by atomic mass is 10.1. The van der Waals surface area contributed by atoms with Crippen LogP contribution in [0.15, 0.2) is 54.6 Å². The van der Waals surface area contributed by atoms with E-state index in [1.54, 1.807) is 0 Å². The topological polar surface area (TPSA) is 59.1 Å². The highest BCUT2D eigenvalue weighted by Crippen LogP contribution is 2.29. The summed E-state index contributed by atoms with van der Waals surface area (Å²) in [5.41, 5.74) is 7.39. The van der Waals surface area contributed by atoms with Gasteiger partial charge >= 0.3 is 0 Å². The molecule has 0 amide bonds. The fourth-order valence-electron chi connectivity index (χ4n) is 1.60. The quantitative estimate of drug-likeness (QED) is 0.622. The molecule has 0 aliphatic rings. The summed E-state index contributed by atoms with van der Waals surface area (Å²) in [5, 5.41) is 7.17.